The van der Waals surface area contributed by atoms with Gasteiger partial charge in [-0.25, -0.2) is 0 Å². The highest BCUT2D eigenvalue weighted by atomic mass is 35.5. The van der Waals surface area contributed by atoms with Gasteiger partial charge in [-0.2, -0.15) is 0 Å². The molecule has 5 nitrogen and oxygen atoms in total. The summed E-state index contributed by atoms with van der Waals surface area (Å²) in [5.74, 6) is -0.155. The van der Waals surface area contributed by atoms with E-state index in [9.17, 15) is 9.90 Å². The minimum absolute atomic E-state index is 0.155. The van der Waals surface area contributed by atoms with Crippen molar-refractivity contribution in [2.75, 3.05) is 39.3 Å². The average Bonchev–Trinajstić information content (AvgIpc) is 2.65. The summed E-state index contributed by atoms with van der Waals surface area (Å²) in [7, 11) is 0. The molecular formula is C19H28ClN3O2. The minimum Gasteiger partial charge on any atom is -0.383 e. The van der Waals surface area contributed by atoms with Crippen molar-refractivity contribution in [3.8, 4) is 0 Å². The van der Waals surface area contributed by atoms with Crippen LogP contribution in [-0.4, -0.2) is 72.2 Å². The number of rotatable bonds is 4. The van der Waals surface area contributed by atoms with Crippen LogP contribution in [0.5, 0.6) is 0 Å². The number of aliphatic hydroxyl groups excluding tert-OH is 1. The fourth-order valence-electron chi connectivity index (χ4n) is 3.83. The first-order chi connectivity index (χ1) is 12.0. The number of aliphatic hydroxyl groups is 1. The third-order valence-corrected chi connectivity index (χ3v) is 5.81. The van der Waals surface area contributed by atoms with E-state index in [0.29, 0.717) is 30.6 Å². The standard InChI is InChI=1S/C19H28ClN3O2/c1-14-12-15(2-3-17(14)20)13-18(24)19(25)23-10-8-22(9-11-23)16-4-6-21-7-5-16/h2-3,12,16,18,21,24H,4-11,13H2,1H3/t18-/m1/s1. The van der Waals surface area contributed by atoms with E-state index >= 15 is 0 Å². The second-order valence-electron chi connectivity index (χ2n) is 7.15. The highest BCUT2D eigenvalue weighted by Crippen LogP contribution is 2.19. The number of aryl methyl sites for hydroxylation is 1. The molecular weight excluding hydrogens is 338 g/mol. The molecule has 0 aromatic heterocycles. The lowest BCUT2D eigenvalue weighted by Crippen LogP contribution is -2.55. The zero-order valence-electron chi connectivity index (χ0n) is 14.9. The zero-order chi connectivity index (χ0) is 17.8. The van der Waals surface area contributed by atoms with Gasteiger partial charge in [0.15, 0.2) is 0 Å². The first kappa shape index (κ1) is 18.6. The summed E-state index contributed by atoms with van der Waals surface area (Å²) < 4.78 is 0. The van der Waals surface area contributed by atoms with Crippen molar-refractivity contribution < 1.29 is 9.90 Å². The summed E-state index contributed by atoms with van der Waals surface area (Å²) in [4.78, 5) is 16.9. The lowest BCUT2D eigenvalue weighted by atomic mass is 10.0. The molecule has 6 heteroatoms. The van der Waals surface area contributed by atoms with Gasteiger partial charge in [0.25, 0.3) is 5.91 Å². The molecule has 2 aliphatic rings. The molecule has 0 aliphatic carbocycles. The molecule has 2 N–H and O–H groups in total. The van der Waals surface area contributed by atoms with E-state index in [1.54, 1.807) is 0 Å². The molecule has 2 aliphatic heterocycles. The van der Waals surface area contributed by atoms with Gasteiger partial charge in [-0.15, -0.1) is 0 Å². The van der Waals surface area contributed by atoms with E-state index in [0.717, 1.165) is 37.3 Å². The van der Waals surface area contributed by atoms with E-state index in [-0.39, 0.29) is 5.91 Å². The van der Waals surface area contributed by atoms with Crippen LogP contribution in [0.15, 0.2) is 18.2 Å². The van der Waals surface area contributed by atoms with Crippen LogP contribution in [-0.2, 0) is 11.2 Å². The Kier molecular flexibility index (Phi) is 6.34. The maximum atomic E-state index is 12.6. The maximum Gasteiger partial charge on any atom is 0.251 e. The van der Waals surface area contributed by atoms with E-state index in [1.807, 2.05) is 30.0 Å². The van der Waals surface area contributed by atoms with Gasteiger partial charge >= 0.3 is 0 Å². The quantitative estimate of drug-likeness (QED) is 0.848. The van der Waals surface area contributed by atoms with Crippen LogP contribution in [0.1, 0.15) is 24.0 Å². The van der Waals surface area contributed by atoms with Crippen molar-refractivity contribution in [1.82, 2.24) is 15.1 Å². The topological polar surface area (TPSA) is 55.8 Å². The van der Waals surface area contributed by atoms with Crippen LogP contribution >= 0.6 is 11.6 Å². The smallest absolute Gasteiger partial charge is 0.251 e. The van der Waals surface area contributed by atoms with Crippen molar-refractivity contribution in [3.05, 3.63) is 34.3 Å². The van der Waals surface area contributed by atoms with Crippen LogP contribution in [0, 0.1) is 6.92 Å². The summed E-state index contributed by atoms with van der Waals surface area (Å²) >= 11 is 6.03. The average molecular weight is 366 g/mol. The molecule has 0 unspecified atom stereocenters. The summed E-state index contributed by atoms with van der Waals surface area (Å²) in [6, 6.07) is 6.27. The first-order valence-corrected chi connectivity index (χ1v) is 9.59. The van der Waals surface area contributed by atoms with Gasteiger partial charge in [0.05, 0.1) is 0 Å². The van der Waals surface area contributed by atoms with Crippen molar-refractivity contribution >= 4 is 17.5 Å². The minimum atomic E-state index is -0.981. The van der Waals surface area contributed by atoms with Gasteiger partial charge in [-0.3, -0.25) is 9.69 Å². The van der Waals surface area contributed by atoms with E-state index in [4.69, 9.17) is 11.6 Å². The summed E-state index contributed by atoms with van der Waals surface area (Å²) in [5, 5.41) is 14.5. The number of piperazine rings is 1. The third-order valence-electron chi connectivity index (χ3n) is 5.39. The Labute approximate surface area is 154 Å². The maximum absolute atomic E-state index is 12.6. The molecule has 138 valence electrons. The number of hydrogen-bond donors (Lipinski definition) is 2. The summed E-state index contributed by atoms with van der Waals surface area (Å²) in [6.45, 7) is 7.33. The number of benzene rings is 1. The van der Waals surface area contributed by atoms with Crippen LogP contribution in [0.25, 0.3) is 0 Å². The molecule has 2 fully saturated rings. The molecule has 3 rings (SSSR count). The molecule has 25 heavy (non-hydrogen) atoms. The molecule has 2 heterocycles. The monoisotopic (exact) mass is 365 g/mol. The first-order valence-electron chi connectivity index (χ1n) is 9.21. The number of halogens is 1. The van der Waals surface area contributed by atoms with E-state index in [2.05, 4.69) is 10.2 Å². The van der Waals surface area contributed by atoms with Crippen LogP contribution in [0.4, 0.5) is 0 Å². The zero-order valence-corrected chi connectivity index (χ0v) is 15.6. The van der Waals surface area contributed by atoms with Gasteiger partial charge in [0.1, 0.15) is 6.10 Å². The second kappa shape index (κ2) is 8.49. The fraction of sp³-hybridized carbons (Fsp3) is 0.632. The normalized spacial score (nSPS) is 21.3. The van der Waals surface area contributed by atoms with Gasteiger partial charge in [0, 0.05) is 43.7 Å². The Morgan fingerprint density at radius 3 is 2.60 bits per heavy atom. The molecule has 0 saturated carbocycles. The molecule has 1 aromatic carbocycles. The van der Waals surface area contributed by atoms with Crippen LogP contribution in [0.3, 0.4) is 0 Å². The molecule has 0 bridgehead atoms. The molecule has 1 aromatic rings. The van der Waals surface area contributed by atoms with E-state index < -0.39 is 6.10 Å². The van der Waals surface area contributed by atoms with Crippen LogP contribution in [0.2, 0.25) is 5.02 Å². The Bertz CT molecular complexity index is 596. The van der Waals surface area contributed by atoms with Gasteiger partial charge in [-0.1, -0.05) is 23.7 Å². The molecule has 1 atom stereocenters. The Morgan fingerprint density at radius 1 is 1.28 bits per heavy atom. The molecule has 1 amide bonds. The van der Waals surface area contributed by atoms with Crippen molar-refractivity contribution in [2.24, 2.45) is 0 Å². The Morgan fingerprint density at radius 2 is 1.96 bits per heavy atom. The Balaban J connectivity index is 1.50. The van der Waals surface area contributed by atoms with Crippen molar-refractivity contribution in [2.45, 2.75) is 38.3 Å². The summed E-state index contributed by atoms with van der Waals surface area (Å²) in [6.07, 6.45) is 1.73. The number of hydrogen-bond acceptors (Lipinski definition) is 4. The highest BCUT2D eigenvalue weighted by Gasteiger charge is 2.29. The molecule has 0 spiro atoms. The molecule has 2 saturated heterocycles. The second-order valence-corrected chi connectivity index (χ2v) is 7.55. The van der Waals surface area contributed by atoms with Crippen LogP contribution < -0.4 is 5.32 Å². The summed E-state index contributed by atoms with van der Waals surface area (Å²) in [5.41, 5.74) is 1.91. The van der Waals surface area contributed by atoms with Crippen molar-refractivity contribution in [3.63, 3.8) is 0 Å². The van der Waals surface area contributed by atoms with Gasteiger partial charge in [0.2, 0.25) is 0 Å². The number of nitrogens with one attached hydrogen (secondary N) is 1. The van der Waals surface area contributed by atoms with Gasteiger partial charge < -0.3 is 15.3 Å². The number of carbonyl (C=O) groups is 1. The third kappa shape index (κ3) is 4.73. The van der Waals surface area contributed by atoms with Gasteiger partial charge in [-0.05, 0) is 50.0 Å². The highest BCUT2D eigenvalue weighted by molar-refractivity contribution is 6.31. The predicted octanol–water partition coefficient (Wildman–Crippen LogP) is 1.45. The predicted molar refractivity (Wildman–Crippen MR) is 99.9 cm³/mol. The largest absolute Gasteiger partial charge is 0.383 e. The molecule has 0 radical (unpaired) electrons. The fourth-order valence-corrected chi connectivity index (χ4v) is 3.95. The van der Waals surface area contributed by atoms with E-state index in [1.165, 1.54) is 12.8 Å². The number of amides is 1. The lowest BCUT2D eigenvalue weighted by molar-refractivity contribution is -0.142. The number of piperidine rings is 1. The van der Waals surface area contributed by atoms with Crippen molar-refractivity contribution in [1.29, 1.82) is 0 Å². The SMILES string of the molecule is Cc1cc(C[C@@H](O)C(=O)N2CCN(C3CCNCC3)CC2)ccc1Cl. The Hall–Kier alpha value is -1.14. The number of nitrogens with zero attached hydrogens (tertiary/aromatic N) is 2. The lowest BCUT2D eigenvalue weighted by Gasteiger charge is -2.41. The number of carbonyl (C=O) groups excluding carboxylic acids is 1.